The first kappa shape index (κ1) is 14.7. The van der Waals surface area contributed by atoms with Gasteiger partial charge in [-0.05, 0) is 6.92 Å². The van der Waals surface area contributed by atoms with Crippen LogP contribution in [0.1, 0.15) is 15.2 Å². The molecule has 5 heteroatoms. The van der Waals surface area contributed by atoms with Crippen LogP contribution in [0.4, 0.5) is 0 Å². The van der Waals surface area contributed by atoms with E-state index in [9.17, 15) is 9.90 Å². The lowest BCUT2D eigenvalue weighted by Crippen LogP contribution is -1.97. The van der Waals surface area contributed by atoms with Gasteiger partial charge in [0.2, 0.25) is 0 Å². The van der Waals surface area contributed by atoms with Crippen molar-refractivity contribution in [1.29, 1.82) is 0 Å². The monoisotopic (exact) mass is 334 g/mol. The van der Waals surface area contributed by atoms with Crippen molar-refractivity contribution in [3.63, 3.8) is 0 Å². The summed E-state index contributed by atoms with van der Waals surface area (Å²) in [7, 11) is 0. The van der Waals surface area contributed by atoms with Gasteiger partial charge < -0.3 is 5.11 Å². The number of hydrogen-bond donors (Lipinski definition) is 1. The van der Waals surface area contributed by atoms with Crippen LogP contribution in [0.15, 0.2) is 60.8 Å². The van der Waals surface area contributed by atoms with E-state index < -0.39 is 5.97 Å². The topological polar surface area (TPSA) is 54.6 Å². The Hall–Kier alpha value is -2.92. The van der Waals surface area contributed by atoms with Crippen molar-refractivity contribution in [3.05, 3.63) is 71.2 Å². The molecule has 0 aliphatic carbocycles. The molecule has 0 unspecified atom stereocenters. The molecule has 24 heavy (non-hydrogen) atoms. The number of aryl methyl sites for hydroxylation is 1. The SMILES string of the molecule is Cc1ccc(-c2cn3c(-c4ccccc4)c(C(=O)O)sc3n2)cc1. The van der Waals surface area contributed by atoms with Crippen molar-refractivity contribution in [2.24, 2.45) is 0 Å². The molecule has 0 radical (unpaired) electrons. The van der Waals surface area contributed by atoms with Crippen LogP contribution in [0.3, 0.4) is 0 Å². The Kier molecular flexibility index (Phi) is 3.43. The molecule has 0 fully saturated rings. The lowest BCUT2D eigenvalue weighted by atomic mass is 10.1. The second kappa shape index (κ2) is 5.62. The summed E-state index contributed by atoms with van der Waals surface area (Å²) in [5.41, 5.74) is 4.60. The highest BCUT2D eigenvalue weighted by Gasteiger charge is 2.21. The molecule has 4 aromatic rings. The number of benzene rings is 2. The minimum absolute atomic E-state index is 0.305. The van der Waals surface area contributed by atoms with Crippen LogP contribution in [0.2, 0.25) is 0 Å². The Labute approximate surface area is 142 Å². The number of carboxylic acid groups (broad SMARTS) is 1. The smallest absolute Gasteiger partial charge is 0.348 e. The summed E-state index contributed by atoms with van der Waals surface area (Å²) in [4.78, 5) is 17.2. The van der Waals surface area contributed by atoms with Crippen LogP contribution in [0.25, 0.3) is 27.5 Å². The zero-order chi connectivity index (χ0) is 16.7. The molecule has 0 saturated carbocycles. The molecule has 0 spiro atoms. The lowest BCUT2D eigenvalue weighted by Gasteiger charge is -2.02. The van der Waals surface area contributed by atoms with Gasteiger partial charge in [-0.15, -0.1) is 0 Å². The fourth-order valence-corrected chi connectivity index (χ4v) is 3.69. The van der Waals surface area contributed by atoms with E-state index in [-0.39, 0.29) is 0 Å². The van der Waals surface area contributed by atoms with E-state index >= 15 is 0 Å². The summed E-state index contributed by atoms with van der Waals surface area (Å²) in [5.74, 6) is -0.929. The van der Waals surface area contributed by atoms with E-state index in [1.165, 1.54) is 16.9 Å². The first-order valence-corrected chi connectivity index (χ1v) is 8.33. The van der Waals surface area contributed by atoms with E-state index in [1.807, 2.05) is 72.1 Å². The minimum atomic E-state index is -0.929. The average molecular weight is 334 g/mol. The third-order valence-corrected chi connectivity index (χ3v) is 4.95. The number of carboxylic acids is 1. The van der Waals surface area contributed by atoms with Crippen molar-refractivity contribution in [1.82, 2.24) is 9.38 Å². The molecule has 0 saturated heterocycles. The van der Waals surface area contributed by atoms with Gasteiger partial charge in [-0.2, -0.15) is 0 Å². The van der Waals surface area contributed by atoms with E-state index in [2.05, 4.69) is 4.98 Å². The summed E-state index contributed by atoms with van der Waals surface area (Å²) >= 11 is 1.20. The maximum atomic E-state index is 11.6. The molecule has 2 aromatic heterocycles. The third kappa shape index (κ3) is 2.39. The lowest BCUT2D eigenvalue weighted by molar-refractivity contribution is 0.0702. The van der Waals surface area contributed by atoms with Gasteiger partial charge in [-0.3, -0.25) is 4.40 Å². The molecule has 0 aliphatic rings. The van der Waals surface area contributed by atoms with Crippen molar-refractivity contribution in [2.75, 3.05) is 0 Å². The number of rotatable bonds is 3. The first-order chi connectivity index (χ1) is 11.6. The summed E-state index contributed by atoms with van der Waals surface area (Å²) in [5, 5.41) is 9.53. The molecule has 1 N–H and O–H groups in total. The molecule has 2 heterocycles. The highest BCUT2D eigenvalue weighted by molar-refractivity contribution is 7.19. The van der Waals surface area contributed by atoms with Gasteiger partial charge in [0.05, 0.1) is 11.4 Å². The Morgan fingerprint density at radius 3 is 2.42 bits per heavy atom. The fraction of sp³-hybridized carbons (Fsp3) is 0.0526. The van der Waals surface area contributed by atoms with Crippen molar-refractivity contribution in [2.45, 2.75) is 6.92 Å². The molecule has 0 aliphatic heterocycles. The van der Waals surface area contributed by atoms with Crippen molar-refractivity contribution >= 4 is 22.3 Å². The first-order valence-electron chi connectivity index (χ1n) is 7.51. The van der Waals surface area contributed by atoms with E-state index in [0.29, 0.717) is 15.5 Å². The number of aromatic carboxylic acids is 1. The third-order valence-electron chi connectivity index (χ3n) is 3.91. The van der Waals surface area contributed by atoms with Crippen LogP contribution in [0, 0.1) is 6.92 Å². The Balaban J connectivity index is 1.93. The molecule has 2 aromatic carbocycles. The van der Waals surface area contributed by atoms with E-state index in [0.717, 1.165) is 16.8 Å². The number of thiazole rings is 1. The van der Waals surface area contributed by atoms with Gasteiger partial charge >= 0.3 is 5.97 Å². The van der Waals surface area contributed by atoms with Crippen LogP contribution in [-0.2, 0) is 0 Å². The largest absolute Gasteiger partial charge is 0.477 e. The standard InChI is InChI=1S/C19H14N2O2S/c1-12-7-9-13(10-8-12)15-11-21-16(14-5-3-2-4-6-14)17(18(22)23)24-19(21)20-15/h2-11H,1H3,(H,22,23). The van der Waals surface area contributed by atoms with Crippen LogP contribution >= 0.6 is 11.3 Å². The predicted molar refractivity (Wildman–Crippen MR) is 95.6 cm³/mol. The molecule has 0 amide bonds. The second-order valence-electron chi connectivity index (χ2n) is 5.60. The highest BCUT2D eigenvalue weighted by atomic mass is 32.1. The van der Waals surface area contributed by atoms with Crippen LogP contribution in [0.5, 0.6) is 0 Å². The summed E-state index contributed by atoms with van der Waals surface area (Å²) < 4.78 is 1.87. The molecular weight excluding hydrogens is 320 g/mol. The number of nitrogens with zero attached hydrogens (tertiary/aromatic N) is 2. The van der Waals surface area contributed by atoms with Crippen LogP contribution < -0.4 is 0 Å². The minimum Gasteiger partial charge on any atom is -0.477 e. The summed E-state index contributed by atoms with van der Waals surface area (Å²) in [6.07, 6.45) is 1.91. The summed E-state index contributed by atoms with van der Waals surface area (Å²) in [6, 6.07) is 17.7. The quantitative estimate of drug-likeness (QED) is 0.589. The molecular formula is C19H14N2O2S. The predicted octanol–water partition coefficient (Wildman–Crippen LogP) is 4.74. The number of fused-ring (bicyclic) bond motifs is 1. The van der Waals surface area contributed by atoms with Gasteiger partial charge in [0, 0.05) is 17.3 Å². The Morgan fingerprint density at radius 1 is 1.04 bits per heavy atom. The van der Waals surface area contributed by atoms with E-state index in [1.54, 1.807) is 0 Å². The molecule has 118 valence electrons. The molecule has 0 bridgehead atoms. The summed E-state index contributed by atoms with van der Waals surface area (Å²) in [6.45, 7) is 2.04. The van der Waals surface area contributed by atoms with Crippen molar-refractivity contribution < 1.29 is 9.90 Å². The number of carbonyl (C=O) groups is 1. The average Bonchev–Trinajstić information content (AvgIpc) is 3.14. The van der Waals surface area contributed by atoms with Gasteiger partial charge in [0.1, 0.15) is 4.88 Å². The zero-order valence-corrected chi connectivity index (χ0v) is 13.7. The van der Waals surface area contributed by atoms with Crippen LogP contribution in [-0.4, -0.2) is 20.5 Å². The fourth-order valence-electron chi connectivity index (χ4n) is 2.72. The molecule has 4 nitrogen and oxygen atoms in total. The zero-order valence-electron chi connectivity index (χ0n) is 12.9. The van der Waals surface area contributed by atoms with Gasteiger partial charge in [0.25, 0.3) is 0 Å². The number of aromatic nitrogens is 2. The van der Waals surface area contributed by atoms with Gasteiger partial charge in [-0.25, -0.2) is 9.78 Å². The molecule has 0 atom stereocenters. The Bertz CT molecular complexity index is 1030. The maximum absolute atomic E-state index is 11.6. The van der Waals surface area contributed by atoms with Crippen molar-refractivity contribution in [3.8, 4) is 22.5 Å². The Morgan fingerprint density at radius 2 is 1.75 bits per heavy atom. The van der Waals surface area contributed by atoms with E-state index in [4.69, 9.17) is 0 Å². The highest BCUT2D eigenvalue weighted by Crippen LogP contribution is 2.33. The normalized spacial score (nSPS) is 11.0. The number of imidazole rings is 1. The maximum Gasteiger partial charge on any atom is 0.348 e. The second-order valence-corrected chi connectivity index (χ2v) is 6.57. The number of hydrogen-bond acceptors (Lipinski definition) is 3. The molecule has 4 rings (SSSR count). The van der Waals surface area contributed by atoms with Gasteiger partial charge in [0.15, 0.2) is 4.96 Å². The van der Waals surface area contributed by atoms with Gasteiger partial charge in [-0.1, -0.05) is 71.5 Å².